The minimum absolute atomic E-state index is 0.362. The summed E-state index contributed by atoms with van der Waals surface area (Å²) in [6.07, 6.45) is 1.02. The number of rotatable bonds is 8. The first-order valence-corrected chi connectivity index (χ1v) is 6.68. The Bertz CT molecular complexity index is 379. The molecule has 1 N–H and O–H groups in total. The van der Waals surface area contributed by atoms with Gasteiger partial charge in [-0.25, -0.2) is 0 Å². The molecule has 0 aliphatic heterocycles. The lowest BCUT2D eigenvalue weighted by Gasteiger charge is -2.27. The van der Waals surface area contributed by atoms with Gasteiger partial charge in [-0.2, -0.15) is 0 Å². The molecule has 0 amide bonds. The first-order chi connectivity index (χ1) is 9.00. The second kappa shape index (κ2) is 7.79. The van der Waals surface area contributed by atoms with Gasteiger partial charge in [0.1, 0.15) is 0 Å². The summed E-state index contributed by atoms with van der Waals surface area (Å²) in [6.45, 7) is 4.18. The summed E-state index contributed by atoms with van der Waals surface area (Å²) in [6, 6.07) is 10.0. The van der Waals surface area contributed by atoms with Crippen molar-refractivity contribution in [1.29, 1.82) is 0 Å². The van der Waals surface area contributed by atoms with Crippen LogP contribution < -0.4 is 4.90 Å². The second-order valence-electron chi connectivity index (χ2n) is 5.18. The van der Waals surface area contributed by atoms with Crippen LogP contribution in [0.1, 0.15) is 13.3 Å². The van der Waals surface area contributed by atoms with E-state index in [1.54, 1.807) is 6.92 Å². The van der Waals surface area contributed by atoms with Crippen molar-refractivity contribution in [2.24, 2.45) is 5.92 Å². The summed E-state index contributed by atoms with van der Waals surface area (Å²) in [5, 5.41) is 9.06. The fourth-order valence-electron chi connectivity index (χ4n) is 1.95. The van der Waals surface area contributed by atoms with Crippen LogP contribution in [0.2, 0.25) is 0 Å². The zero-order chi connectivity index (χ0) is 14.3. The van der Waals surface area contributed by atoms with E-state index in [-0.39, 0.29) is 5.92 Å². The van der Waals surface area contributed by atoms with E-state index in [9.17, 15) is 4.79 Å². The molecule has 0 saturated heterocycles. The van der Waals surface area contributed by atoms with Crippen molar-refractivity contribution in [3.63, 3.8) is 0 Å². The molecule has 0 aromatic heterocycles. The fourth-order valence-corrected chi connectivity index (χ4v) is 1.95. The first kappa shape index (κ1) is 15.5. The lowest BCUT2D eigenvalue weighted by Crippen LogP contribution is -2.33. The molecule has 0 spiro atoms. The Labute approximate surface area is 115 Å². The van der Waals surface area contributed by atoms with E-state index in [1.165, 1.54) is 0 Å². The summed E-state index contributed by atoms with van der Waals surface area (Å²) in [5.41, 5.74) is 1.09. The van der Waals surface area contributed by atoms with Crippen molar-refractivity contribution >= 4 is 11.7 Å². The summed E-state index contributed by atoms with van der Waals surface area (Å²) in [5.74, 6) is -1.10. The molecular weight excluding hydrogens is 240 g/mol. The van der Waals surface area contributed by atoms with Crippen molar-refractivity contribution in [2.75, 3.05) is 38.6 Å². The highest BCUT2D eigenvalue weighted by Crippen LogP contribution is 2.15. The van der Waals surface area contributed by atoms with E-state index in [2.05, 4.69) is 9.80 Å². The monoisotopic (exact) mass is 264 g/mol. The highest BCUT2D eigenvalue weighted by molar-refractivity contribution is 5.70. The lowest BCUT2D eigenvalue weighted by atomic mass is 10.1. The Morgan fingerprint density at radius 3 is 2.37 bits per heavy atom. The largest absolute Gasteiger partial charge is 0.481 e. The Morgan fingerprint density at radius 1 is 1.21 bits per heavy atom. The number of anilines is 1. The van der Waals surface area contributed by atoms with Crippen LogP contribution in [0.25, 0.3) is 0 Å². The van der Waals surface area contributed by atoms with Crippen molar-refractivity contribution in [1.82, 2.24) is 4.90 Å². The average molecular weight is 264 g/mol. The van der Waals surface area contributed by atoms with Crippen LogP contribution in [-0.4, -0.2) is 49.7 Å². The maximum absolute atomic E-state index is 11.0. The van der Waals surface area contributed by atoms with Gasteiger partial charge >= 0.3 is 5.97 Å². The molecule has 4 nitrogen and oxygen atoms in total. The Kier molecular flexibility index (Phi) is 6.36. The molecular formula is C15H24N2O2. The molecule has 19 heavy (non-hydrogen) atoms. The third kappa shape index (κ3) is 5.75. The number of carboxylic acids is 1. The van der Waals surface area contributed by atoms with Crippen molar-refractivity contribution in [3.05, 3.63) is 30.3 Å². The highest BCUT2D eigenvalue weighted by Gasteiger charge is 2.16. The van der Waals surface area contributed by atoms with Gasteiger partial charge in [-0.3, -0.25) is 4.79 Å². The average Bonchev–Trinajstić information content (AvgIpc) is 2.38. The number of hydrogen-bond acceptors (Lipinski definition) is 3. The Hall–Kier alpha value is -1.55. The predicted octanol–water partition coefficient (Wildman–Crippen LogP) is 2.17. The smallest absolute Gasteiger partial charge is 0.308 e. The van der Waals surface area contributed by atoms with Crippen LogP contribution in [0.3, 0.4) is 0 Å². The van der Waals surface area contributed by atoms with Crippen molar-refractivity contribution in [3.8, 4) is 0 Å². The maximum Gasteiger partial charge on any atom is 0.308 e. The molecule has 0 aliphatic carbocycles. The van der Waals surface area contributed by atoms with Gasteiger partial charge in [0.25, 0.3) is 0 Å². The van der Waals surface area contributed by atoms with Gasteiger partial charge in [-0.1, -0.05) is 25.1 Å². The van der Waals surface area contributed by atoms with E-state index in [4.69, 9.17) is 5.11 Å². The quantitative estimate of drug-likeness (QED) is 0.781. The van der Waals surface area contributed by atoms with Crippen LogP contribution in [0.4, 0.5) is 5.69 Å². The van der Waals surface area contributed by atoms with E-state index in [0.29, 0.717) is 6.54 Å². The maximum atomic E-state index is 11.0. The number of carboxylic acid groups (broad SMARTS) is 1. The number of aliphatic carboxylic acids is 1. The summed E-state index contributed by atoms with van der Waals surface area (Å²) in [4.78, 5) is 15.3. The lowest BCUT2D eigenvalue weighted by molar-refractivity contribution is -0.140. The predicted molar refractivity (Wildman–Crippen MR) is 78.6 cm³/mol. The molecule has 0 aliphatic rings. The van der Waals surface area contributed by atoms with Crippen molar-refractivity contribution < 1.29 is 9.90 Å². The molecule has 1 atom stereocenters. The SMILES string of the molecule is CC(CN(CCCN(C)C)c1ccccc1)C(=O)O. The summed E-state index contributed by atoms with van der Waals surface area (Å²) in [7, 11) is 4.10. The normalized spacial score (nSPS) is 12.4. The van der Waals surface area contributed by atoms with E-state index in [1.807, 2.05) is 44.4 Å². The first-order valence-electron chi connectivity index (χ1n) is 6.68. The zero-order valence-electron chi connectivity index (χ0n) is 12.0. The van der Waals surface area contributed by atoms with Crippen LogP contribution in [0.5, 0.6) is 0 Å². The van der Waals surface area contributed by atoms with Crippen LogP contribution in [-0.2, 0) is 4.79 Å². The van der Waals surface area contributed by atoms with Crippen LogP contribution in [0.15, 0.2) is 30.3 Å². The number of para-hydroxylation sites is 1. The summed E-state index contributed by atoms with van der Waals surface area (Å²) < 4.78 is 0. The topological polar surface area (TPSA) is 43.8 Å². The number of benzene rings is 1. The standard InChI is InChI=1S/C15H24N2O2/c1-13(15(18)19)12-17(11-7-10-16(2)3)14-8-5-4-6-9-14/h4-6,8-9,13H,7,10-12H2,1-3H3,(H,18,19). The third-order valence-corrected chi connectivity index (χ3v) is 3.07. The van der Waals surface area contributed by atoms with E-state index < -0.39 is 5.97 Å². The van der Waals surface area contributed by atoms with E-state index in [0.717, 1.165) is 25.2 Å². The van der Waals surface area contributed by atoms with Gasteiger partial charge < -0.3 is 14.9 Å². The van der Waals surface area contributed by atoms with Gasteiger partial charge in [0, 0.05) is 18.8 Å². The molecule has 1 aromatic carbocycles. The van der Waals surface area contributed by atoms with Gasteiger partial charge in [0.05, 0.1) is 5.92 Å². The minimum Gasteiger partial charge on any atom is -0.481 e. The van der Waals surface area contributed by atoms with Gasteiger partial charge in [-0.15, -0.1) is 0 Å². The van der Waals surface area contributed by atoms with Gasteiger partial charge in [0.2, 0.25) is 0 Å². The van der Waals surface area contributed by atoms with E-state index >= 15 is 0 Å². The van der Waals surface area contributed by atoms with Crippen LogP contribution in [0, 0.1) is 5.92 Å². The molecule has 0 heterocycles. The molecule has 106 valence electrons. The molecule has 0 saturated carbocycles. The van der Waals surface area contributed by atoms with Gasteiger partial charge in [-0.05, 0) is 39.2 Å². The number of nitrogens with zero attached hydrogens (tertiary/aromatic N) is 2. The van der Waals surface area contributed by atoms with Crippen molar-refractivity contribution in [2.45, 2.75) is 13.3 Å². The van der Waals surface area contributed by atoms with Crippen LogP contribution >= 0.6 is 0 Å². The number of hydrogen-bond donors (Lipinski definition) is 1. The molecule has 0 bridgehead atoms. The molecule has 1 aromatic rings. The highest BCUT2D eigenvalue weighted by atomic mass is 16.4. The Balaban J connectivity index is 2.65. The van der Waals surface area contributed by atoms with Gasteiger partial charge in [0.15, 0.2) is 0 Å². The fraction of sp³-hybridized carbons (Fsp3) is 0.533. The number of carbonyl (C=O) groups is 1. The Morgan fingerprint density at radius 2 is 1.84 bits per heavy atom. The molecule has 1 rings (SSSR count). The summed E-state index contributed by atoms with van der Waals surface area (Å²) >= 11 is 0. The zero-order valence-corrected chi connectivity index (χ0v) is 12.0. The second-order valence-corrected chi connectivity index (χ2v) is 5.18. The molecule has 4 heteroatoms. The molecule has 1 unspecified atom stereocenters. The molecule has 0 radical (unpaired) electrons. The third-order valence-electron chi connectivity index (χ3n) is 3.07. The minimum atomic E-state index is -0.742. The molecule has 0 fully saturated rings.